The summed E-state index contributed by atoms with van der Waals surface area (Å²) in [4.78, 5) is 28.4. The number of amides is 2. The summed E-state index contributed by atoms with van der Waals surface area (Å²) in [5.74, 6) is 0.0926. The van der Waals surface area contributed by atoms with Crippen molar-refractivity contribution >= 4 is 21.8 Å². The van der Waals surface area contributed by atoms with Crippen LogP contribution in [-0.2, 0) is 14.8 Å². The fourth-order valence-corrected chi connectivity index (χ4v) is 4.25. The average Bonchev–Trinajstić information content (AvgIpc) is 3.14. The molecule has 3 rings (SSSR count). The molecule has 3 heterocycles. The van der Waals surface area contributed by atoms with Gasteiger partial charge in [0.2, 0.25) is 15.9 Å². The second-order valence-corrected chi connectivity index (χ2v) is 8.51. The standard InChI is InChI=1S/C16H23N3O5S/c1-25(22,23)19-6-4-13(5-7-19)15(20)17-8-10-18(11-9-17)16(21)14-3-2-12-24-14/h2-3,12-13H,4-11H2,1H3. The van der Waals surface area contributed by atoms with Gasteiger partial charge in [-0.15, -0.1) is 0 Å². The zero-order valence-corrected chi connectivity index (χ0v) is 15.1. The van der Waals surface area contributed by atoms with E-state index in [0.29, 0.717) is 57.9 Å². The number of furan rings is 1. The topological polar surface area (TPSA) is 91.1 Å². The number of nitrogens with zero attached hydrogens (tertiary/aromatic N) is 3. The van der Waals surface area contributed by atoms with Crippen LogP contribution in [-0.4, -0.2) is 79.9 Å². The number of carbonyl (C=O) groups excluding carboxylic acids is 2. The minimum Gasteiger partial charge on any atom is -0.459 e. The van der Waals surface area contributed by atoms with Gasteiger partial charge in [0.25, 0.3) is 5.91 Å². The molecule has 9 heteroatoms. The highest BCUT2D eigenvalue weighted by molar-refractivity contribution is 7.88. The molecule has 2 fully saturated rings. The van der Waals surface area contributed by atoms with E-state index >= 15 is 0 Å². The van der Waals surface area contributed by atoms with E-state index in [-0.39, 0.29) is 17.7 Å². The fourth-order valence-electron chi connectivity index (χ4n) is 3.38. The summed E-state index contributed by atoms with van der Waals surface area (Å²) in [7, 11) is -3.18. The van der Waals surface area contributed by atoms with Crippen LogP contribution in [0.15, 0.2) is 22.8 Å². The van der Waals surface area contributed by atoms with E-state index in [1.54, 1.807) is 21.9 Å². The molecule has 0 atom stereocenters. The molecular formula is C16H23N3O5S. The minimum atomic E-state index is -3.18. The molecule has 0 unspecified atom stereocenters. The lowest BCUT2D eigenvalue weighted by Crippen LogP contribution is -2.53. The van der Waals surface area contributed by atoms with Crippen molar-refractivity contribution in [3.8, 4) is 0 Å². The number of piperidine rings is 1. The normalized spacial score (nSPS) is 20.7. The SMILES string of the molecule is CS(=O)(=O)N1CCC(C(=O)N2CCN(C(=O)c3ccco3)CC2)CC1. The third kappa shape index (κ3) is 4.04. The lowest BCUT2D eigenvalue weighted by Gasteiger charge is -2.38. The molecule has 1 aromatic heterocycles. The molecule has 2 aliphatic heterocycles. The van der Waals surface area contributed by atoms with Gasteiger partial charge in [-0.05, 0) is 25.0 Å². The van der Waals surface area contributed by atoms with Crippen molar-refractivity contribution < 1.29 is 22.4 Å². The Labute approximate surface area is 147 Å². The Hall–Kier alpha value is -1.87. The number of hydrogen-bond donors (Lipinski definition) is 0. The van der Waals surface area contributed by atoms with Gasteiger partial charge in [0.1, 0.15) is 0 Å². The van der Waals surface area contributed by atoms with Crippen molar-refractivity contribution in [1.29, 1.82) is 0 Å². The molecule has 0 aromatic carbocycles. The van der Waals surface area contributed by atoms with Gasteiger partial charge in [0.05, 0.1) is 12.5 Å². The van der Waals surface area contributed by atoms with E-state index in [1.165, 1.54) is 16.8 Å². The monoisotopic (exact) mass is 369 g/mol. The largest absolute Gasteiger partial charge is 0.459 e. The van der Waals surface area contributed by atoms with Crippen molar-refractivity contribution in [3.63, 3.8) is 0 Å². The summed E-state index contributed by atoms with van der Waals surface area (Å²) < 4.78 is 29.7. The maximum atomic E-state index is 12.7. The van der Waals surface area contributed by atoms with E-state index in [1.807, 2.05) is 0 Å². The highest BCUT2D eigenvalue weighted by Gasteiger charge is 2.33. The van der Waals surface area contributed by atoms with Crippen LogP contribution in [0.1, 0.15) is 23.4 Å². The maximum absolute atomic E-state index is 12.7. The van der Waals surface area contributed by atoms with Gasteiger partial charge in [-0.2, -0.15) is 0 Å². The van der Waals surface area contributed by atoms with Crippen molar-refractivity contribution in [2.75, 3.05) is 45.5 Å². The molecular weight excluding hydrogens is 346 g/mol. The van der Waals surface area contributed by atoms with Gasteiger partial charge in [-0.25, -0.2) is 12.7 Å². The summed E-state index contributed by atoms with van der Waals surface area (Å²) in [5.41, 5.74) is 0. The van der Waals surface area contributed by atoms with Gasteiger partial charge in [-0.1, -0.05) is 0 Å². The molecule has 1 aromatic rings. The lowest BCUT2D eigenvalue weighted by atomic mass is 9.96. The second-order valence-electron chi connectivity index (χ2n) is 6.53. The fraction of sp³-hybridized carbons (Fsp3) is 0.625. The van der Waals surface area contributed by atoms with Crippen molar-refractivity contribution in [3.05, 3.63) is 24.2 Å². The molecule has 25 heavy (non-hydrogen) atoms. The molecule has 0 spiro atoms. The second kappa shape index (κ2) is 7.17. The zero-order chi connectivity index (χ0) is 18.0. The Morgan fingerprint density at radius 1 is 1.04 bits per heavy atom. The Kier molecular flexibility index (Phi) is 5.14. The van der Waals surface area contributed by atoms with Gasteiger partial charge in [0.15, 0.2) is 5.76 Å². The molecule has 0 saturated carbocycles. The number of rotatable bonds is 3. The summed E-state index contributed by atoms with van der Waals surface area (Å²) in [6, 6.07) is 3.31. The quantitative estimate of drug-likeness (QED) is 0.761. The first-order valence-electron chi connectivity index (χ1n) is 8.43. The Morgan fingerprint density at radius 3 is 2.16 bits per heavy atom. The third-order valence-electron chi connectivity index (χ3n) is 4.88. The Morgan fingerprint density at radius 2 is 1.64 bits per heavy atom. The first-order chi connectivity index (χ1) is 11.9. The smallest absolute Gasteiger partial charge is 0.289 e. The van der Waals surface area contributed by atoms with Gasteiger partial charge in [0, 0.05) is 45.2 Å². The zero-order valence-electron chi connectivity index (χ0n) is 14.3. The molecule has 2 amide bonds. The van der Waals surface area contributed by atoms with Crippen LogP contribution >= 0.6 is 0 Å². The van der Waals surface area contributed by atoms with Crippen LogP contribution in [0.2, 0.25) is 0 Å². The Bertz CT molecular complexity index is 715. The molecule has 0 aliphatic carbocycles. The maximum Gasteiger partial charge on any atom is 0.289 e. The van der Waals surface area contributed by atoms with Crippen molar-refractivity contribution in [2.45, 2.75) is 12.8 Å². The van der Waals surface area contributed by atoms with Crippen LogP contribution < -0.4 is 0 Å². The van der Waals surface area contributed by atoms with E-state index in [0.717, 1.165) is 0 Å². The molecule has 2 aliphatic rings. The summed E-state index contributed by atoms with van der Waals surface area (Å²) in [5, 5.41) is 0. The highest BCUT2D eigenvalue weighted by Crippen LogP contribution is 2.22. The third-order valence-corrected chi connectivity index (χ3v) is 6.19. The van der Waals surface area contributed by atoms with Crippen LogP contribution in [0.4, 0.5) is 0 Å². The van der Waals surface area contributed by atoms with Crippen LogP contribution in [0.5, 0.6) is 0 Å². The summed E-state index contributed by atoms with van der Waals surface area (Å²) >= 11 is 0. The molecule has 0 radical (unpaired) electrons. The lowest BCUT2D eigenvalue weighted by molar-refractivity contribution is -0.138. The minimum absolute atomic E-state index is 0.0678. The number of carbonyl (C=O) groups is 2. The van der Waals surface area contributed by atoms with E-state index in [9.17, 15) is 18.0 Å². The van der Waals surface area contributed by atoms with Gasteiger partial charge in [-0.3, -0.25) is 9.59 Å². The summed E-state index contributed by atoms with van der Waals surface area (Å²) in [6.07, 6.45) is 3.77. The molecule has 8 nitrogen and oxygen atoms in total. The predicted octanol–water partition coefficient (Wildman–Crippen LogP) is 0.236. The van der Waals surface area contributed by atoms with Gasteiger partial charge >= 0.3 is 0 Å². The Balaban J connectivity index is 1.50. The number of piperazine rings is 1. The molecule has 2 saturated heterocycles. The predicted molar refractivity (Wildman–Crippen MR) is 90.3 cm³/mol. The van der Waals surface area contributed by atoms with Crippen LogP contribution in [0, 0.1) is 5.92 Å². The first-order valence-corrected chi connectivity index (χ1v) is 10.3. The first kappa shape index (κ1) is 17.9. The van der Waals surface area contributed by atoms with Crippen molar-refractivity contribution in [2.24, 2.45) is 5.92 Å². The highest BCUT2D eigenvalue weighted by atomic mass is 32.2. The molecule has 138 valence electrons. The number of sulfonamides is 1. The van der Waals surface area contributed by atoms with Crippen molar-refractivity contribution in [1.82, 2.24) is 14.1 Å². The average molecular weight is 369 g/mol. The van der Waals surface area contributed by atoms with Crippen LogP contribution in [0.25, 0.3) is 0 Å². The van der Waals surface area contributed by atoms with Gasteiger partial charge < -0.3 is 14.2 Å². The molecule has 0 bridgehead atoms. The van der Waals surface area contributed by atoms with E-state index in [2.05, 4.69) is 0 Å². The number of hydrogen-bond acceptors (Lipinski definition) is 5. The molecule has 0 N–H and O–H groups in total. The van der Waals surface area contributed by atoms with E-state index in [4.69, 9.17) is 4.42 Å². The van der Waals surface area contributed by atoms with E-state index < -0.39 is 10.0 Å². The summed E-state index contributed by atoms with van der Waals surface area (Å²) in [6.45, 7) is 2.74. The van der Waals surface area contributed by atoms with Crippen LogP contribution in [0.3, 0.4) is 0 Å².